The summed E-state index contributed by atoms with van der Waals surface area (Å²) in [5.74, 6) is 1.30. The van der Waals surface area contributed by atoms with Gasteiger partial charge >= 0.3 is 0 Å². The van der Waals surface area contributed by atoms with Crippen LogP contribution in [0.2, 0.25) is 0 Å². The first-order valence-electron chi connectivity index (χ1n) is 11.8. The monoisotopic (exact) mass is 493 g/mol. The van der Waals surface area contributed by atoms with Gasteiger partial charge in [-0.2, -0.15) is 0 Å². The molecule has 3 aromatic rings. The Morgan fingerprint density at radius 3 is 2.57 bits per heavy atom. The summed E-state index contributed by atoms with van der Waals surface area (Å²) < 4.78 is 7.33. The summed E-state index contributed by atoms with van der Waals surface area (Å²) in [5, 5.41) is 9.62. The van der Waals surface area contributed by atoms with Crippen LogP contribution in [0.5, 0.6) is 5.75 Å². The molecule has 35 heavy (non-hydrogen) atoms. The summed E-state index contributed by atoms with van der Waals surface area (Å²) in [6.07, 6.45) is 1.52. The number of thioether (sulfide) groups is 1. The van der Waals surface area contributed by atoms with Gasteiger partial charge in [-0.15, -0.1) is 10.2 Å². The molecule has 1 aliphatic rings. The van der Waals surface area contributed by atoms with Crippen LogP contribution < -0.4 is 10.5 Å². The standard InChI is InChI=1S/C26H31N5O3S/c1-17(2)21-8-4-5-9-22(21)31-25(18-10-12-20(34-3)13-11-18)28-29-26(31)35-16-23(32)30-14-6-7-19(15-30)24(27)33/h4-5,8-13,17,19H,6-7,14-16H2,1-3H3,(H2,27,33). The summed E-state index contributed by atoms with van der Waals surface area (Å²) in [6.45, 7) is 5.33. The number of nitrogens with two attached hydrogens (primary N) is 1. The number of hydrogen-bond acceptors (Lipinski definition) is 6. The summed E-state index contributed by atoms with van der Waals surface area (Å²) >= 11 is 1.35. The van der Waals surface area contributed by atoms with Gasteiger partial charge in [-0.3, -0.25) is 14.2 Å². The number of aromatic nitrogens is 3. The molecule has 1 fully saturated rings. The predicted octanol–water partition coefficient (Wildman–Crippen LogP) is 3.88. The van der Waals surface area contributed by atoms with E-state index in [-0.39, 0.29) is 29.4 Å². The first kappa shape index (κ1) is 24.8. The van der Waals surface area contributed by atoms with Crippen LogP contribution in [-0.2, 0) is 9.59 Å². The Morgan fingerprint density at radius 2 is 1.89 bits per heavy atom. The Labute approximate surface area is 209 Å². The van der Waals surface area contributed by atoms with Crippen LogP contribution in [0.25, 0.3) is 17.1 Å². The first-order valence-corrected chi connectivity index (χ1v) is 12.8. The highest BCUT2D eigenvalue weighted by Gasteiger charge is 2.28. The van der Waals surface area contributed by atoms with E-state index in [1.54, 1.807) is 12.0 Å². The van der Waals surface area contributed by atoms with Crippen molar-refractivity contribution < 1.29 is 14.3 Å². The summed E-state index contributed by atoms with van der Waals surface area (Å²) in [7, 11) is 1.64. The van der Waals surface area contributed by atoms with Gasteiger partial charge < -0.3 is 15.4 Å². The van der Waals surface area contributed by atoms with Gasteiger partial charge in [0.25, 0.3) is 0 Å². The van der Waals surface area contributed by atoms with Gasteiger partial charge in [0.1, 0.15) is 5.75 Å². The highest BCUT2D eigenvalue weighted by atomic mass is 32.2. The molecular weight excluding hydrogens is 462 g/mol. The van der Waals surface area contributed by atoms with Crippen molar-refractivity contribution in [2.75, 3.05) is 26.0 Å². The minimum Gasteiger partial charge on any atom is -0.497 e. The van der Waals surface area contributed by atoms with Gasteiger partial charge in [-0.25, -0.2) is 0 Å². The van der Waals surface area contributed by atoms with Gasteiger partial charge in [0.15, 0.2) is 11.0 Å². The summed E-state index contributed by atoms with van der Waals surface area (Å²) in [5.41, 5.74) is 8.53. The van der Waals surface area contributed by atoms with Crippen molar-refractivity contribution >= 4 is 23.6 Å². The van der Waals surface area contributed by atoms with Gasteiger partial charge in [-0.1, -0.05) is 43.8 Å². The molecule has 0 spiro atoms. The zero-order chi connectivity index (χ0) is 24.9. The van der Waals surface area contributed by atoms with Crippen LogP contribution in [0.3, 0.4) is 0 Å². The number of methoxy groups -OCH3 is 1. The van der Waals surface area contributed by atoms with E-state index < -0.39 is 0 Å². The number of amides is 2. The largest absolute Gasteiger partial charge is 0.497 e. The third-order valence-electron chi connectivity index (χ3n) is 6.28. The molecule has 1 aromatic heterocycles. The van der Waals surface area contributed by atoms with E-state index >= 15 is 0 Å². The fourth-order valence-corrected chi connectivity index (χ4v) is 5.19. The lowest BCUT2D eigenvalue weighted by molar-refractivity contribution is -0.132. The minimum atomic E-state index is -0.343. The molecule has 2 aromatic carbocycles. The van der Waals surface area contributed by atoms with Crippen LogP contribution in [0, 0.1) is 5.92 Å². The number of piperidine rings is 1. The molecule has 2 heterocycles. The van der Waals surface area contributed by atoms with Crippen LogP contribution in [0.4, 0.5) is 0 Å². The van der Waals surface area contributed by atoms with E-state index in [1.807, 2.05) is 41.0 Å². The normalized spacial score (nSPS) is 15.9. The zero-order valence-corrected chi connectivity index (χ0v) is 21.1. The lowest BCUT2D eigenvalue weighted by Gasteiger charge is -2.31. The lowest BCUT2D eigenvalue weighted by Crippen LogP contribution is -2.44. The second kappa shape index (κ2) is 10.9. The number of benzene rings is 2. The van der Waals surface area contributed by atoms with Crippen molar-refractivity contribution in [2.24, 2.45) is 11.7 Å². The molecule has 184 valence electrons. The molecular formula is C26H31N5O3S. The van der Waals surface area contributed by atoms with E-state index in [4.69, 9.17) is 10.5 Å². The van der Waals surface area contributed by atoms with Crippen LogP contribution >= 0.6 is 11.8 Å². The maximum absolute atomic E-state index is 13.0. The van der Waals surface area contributed by atoms with Crippen molar-refractivity contribution in [1.82, 2.24) is 19.7 Å². The Hall–Kier alpha value is -3.33. The molecule has 0 bridgehead atoms. The molecule has 9 heteroatoms. The van der Waals surface area contributed by atoms with Gasteiger partial charge in [0, 0.05) is 18.7 Å². The lowest BCUT2D eigenvalue weighted by atomic mass is 9.97. The Bertz CT molecular complexity index is 1190. The van der Waals surface area contributed by atoms with E-state index in [0.29, 0.717) is 24.1 Å². The van der Waals surface area contributed by atoms with Crippen molar-refractivity contribution in [1.29, 1.82) is 0 Å². The SMILES string of the molecule is COc1ccc(-c2nnc(SCC(=O)N3CCCC(C(N)=O)C3)n2-c2ccccc2C(C)C)cc1. The van der Waals surface area contributed by atoms with E-state index in [0.717, 1.165) is 35.4 Å². The number of para-hydroxylation sites is 1. The maximum atomic E-state index is 13.0. The number of carbonyl (C=O) groups is 2. The van der Waals surface area contributed by atoms with Crippen LogP contribution in [0.1, 0.15) is 38.2 Å². The molecule has 0 radical (unpaired) electrons. The molecule has 1 unspecified atom stereocenters. The number of primary amides is 1. The zero-order valence-electron chi connectivity index (χ0n) is 20.3. The summed E-state index contributed by atoms with van der Waals surface area (Å²) in [4.78, 5) is 26.3. The Morgan fingerprint density at radius 1 is 1.14 bits per heavy atom. The molecule has 2 N–H and O–H groups in total. The quantitative estimate of drug-likeness (QED) is 0.478. The number of carbonyl (C=O) groups excluding carboxylic acids is 2. The molecule has 4 rings (SSSR count). The van der Waals surface area contributed by atoms with E-state index in [9.17, 15) is 9.59 Å². The maximum Gasteiger partial charge on any atom is 0.233 e. The molecule has 0 aliphatic carbocycles. The summed E-state index contributed by atoms with van der Waals surface area (Å²) in [6, 6.07) is 15.9. The van der Waals surface area contributed by atoms with Crippen molar-refractivity contribution in [2.45, 2.75) is 37.8 Å². The Balaban J connectivity index is 1.65. The number of rotatable bonds is 8. The molecule has 0 saturated carbocycles. The molecule has 1 atom stereocenters. The van der Waals surface area contributed by atoms with E-state index in [2.05, 4.69) is 36.2 Å². The number of nitrogens with zero attached hydrogens (tertiary/aromatic N) is 4. The topological polar surface area (TPSA) is 103 Å². The van der Waals surface area contributed by atoms with E-state index in [1.165, 1.54) is 11.8 Å². The van der Waals surface area contributed by atoms with Gasteiger partial charge in [0.2, 0.25) is 11.8 Å². The third-order valence-corrected chi connectivity index (χ3v) is 7.20. The number of ether oxygens (including phenoxy) is 1. The minimum absolute atomic E-state index is 0.0290. The molecule has 1 saturated heterocycles. The highest BCUT2D eigenvalue weighted by molar-refractivity contribution is 7.99. The predicted molar refractivity (Wildman–Crippen MR) is 137 cm³/mol. The Kier molecular flexibility index (Phi) is 7.75. The fraction of sp³-hybridized carbons (Fsp3) is 0.385. The number of likely N-dealkylation sites (tertiary alicyclic amines) is 1. The van der Waals surface area contributed by atoms with Crippen molar-refractivity contribution in [3.8, 4) is 22.8 Å². The average molecular weight is 494 g/mol. The first-order chi connectivity index (χ1) is 16.9. The van der Waals surface area contributed by atoms with Crippen LogP contribution in [-0.4, -0.2) is 57.4 Å². The molecule has 2 amide bonds. The van der Waals surface area contributed by atoms with Gasteiger partial charge in [0.05, 0.1) is 24.5 Å². The van der Waals surface area contributed by atoms with Crippen molar-refractivity contribution in [3.63, 3.8) is 0 Å². The molecule has 8 nitrogen and oxygen atoms in total. The third kappa shape index (κ3) is 5.51. The highest BCUT2D eigenvalue weighted by Crippen LogP contribution is 2.33. The van der Waals surface area contributed by atoms with Gasteiger partial charge in [-0.05, 0) is 54.7 Å². The second-order valence-corrected chi connectivity index (χ2v) is 9.90. The molecule has 1 aliphatic heterocycles. The van der Waals surface area contributed by atoms with Crippen LogP contribution in [0.15, 0.2) is 53.7 Å². The number of hydrogen-bond donors (Lipinski definition) is 1. The second-order valence-electron chi connectivity index (χ2n) is 8.95. The fourth-order valence-electron chi connectivity index (χ4n) is 4.34. The smallest absolute Gasteiger partial charge is 0.233 e. The average Bonchev–Trinajstić information content (AvgIpc) is 3.31. The van der Waals surface area contributed by atoms with Crippen molar-refractivity contribution in [3.05, 3.63) is 54.1 Å².